The van der Waals surface area contributed by atoms with Crippen LogP contribution in [0.2, 0.25) is 0 Å². The van der Waals surface area contributed by atoms with Gasteiger partial charge in [-0.1, -0.05) is 0 Å². The number of rotatable bonds is 5. The molecule has 0 bridgehead atoms. The summed E-state index contributed by atoms with van der Waals surface area (Å²) in [6, 6.07) is 2.50. The minimum atomic E-state index is 0.101. The Kier molecular flexibility index (Phi) is 2.60. The predicted molar refractivity (Wildman–Crippen MR) is 77.1 cm³/mol. The first-order valence-electron chi connectivity index (χ1n) is 7.34. The molecule has 1 aromatic heterocycles. The Labute approximate surface area is 121 Å². The smallest absolute Gasteiger partial charge is 0.267 e. The highest BCUT2D eigenvalue weighted by Crippen LogP contribution is 2.60. The van der Waals surface area contributed by atoms with E-state index in [9.17, 15) is 4.79 Å². The van der Waals surface area contributed by atoms with E-state index in [1.807, 2.05) is 12.3 Å². The zero-order valence-corrected chi connectivity index (χ0v) is 12.6. The number of carbonyl (C=O) groups excluding carboxylic acids is 1. The Morgan fingerprint density at radius 3 is 2.68 bits per heavy atom. The Morgan fingerprint density at radius 1 is 1.37 bits per heavy atom. The largest absolute Gasteiger partial charge is 0.350 e. The molecule has 1 aromatic rings. The summed E-state index contributed by atoms with van der Waals surface area (Å²) >= 11 is 3.48. The molecule has 1 N–H and O–H groups in total. The van der Waals surface area contributed by atoms with Crippen molar-refractivity contribution >= 4 is 21.8 Å². The average molecular weight is 323 g/mol. The quantitative estimate of drug-likeness (QED) is 0.884. The van der Waals surface area contributed by atoms with Gasteiger partial charge < -0.3 is 9.88 Å². The van der Waals surface area contributed by atoms with Crippen LogP contribution in [0.4, 0.5) is 0 Å². The summed E-state index contributed by atoms with van der Waals surface area (Å²) in [5.74, 6) is 0.999. The molecule has 0 aliphatic heterocycles. The number of nitrogens with zero attached hydrogens (tertiary/aromatic N) is 1. The fourth-order valence-corrected chi connectivity index (χ4v) is 3.65. The van der Waals surface area contributed by atoms with E-state index in [0.29, 0.717) is 11.5 Å². The fraction of sp³-hybridized carbons (Fsp3) is 0.667. The first-order chi connectivity index (χ1) is 9.18. The Morgan fingerprint density at radius 2 is 2.11 bits per heavy atom. The minimum Gasteiger partial charge on any atom is -0.350 e. The van der Waals surface area contributed by atoms with Crippen LogP contribution in [0.25, 0.3) is 0 Å². The predicted octanol–water partition coefficient (Wildman–Crippen LogP) is 3.51. The molecule has 3 nitrogen and oxygen atoms in total. The number of nitrogens with one attached hydrogen (secondary N) is 1. The van der Waals surface area contributed by atoms with E-state index < -0.39 is 0 Å². The van der Waals surface area contributed by atoms with E-state index in [2.05, 4.69) is 25.8 Å². The van der Waals surface area contributed by atoms with E-state index in [1.165, 1.54) is 38.5 Å². The molecule has 1 heterocycles. The second-order valence-electron chi connectivity index (χ2n) is 6.50. The van der Waals surface area contributed by atoms with Gasteiger partial charge in [0, 0.05) is 23.3 Å². The second kappa shape index (κ2) is 4.11. The zero-order chi connectivity index (χ0) is 13.0. The minimum absolute atomic E-state index is 0.101. The lowest BCUT2D eigenvalue weighted by Crippen LogP contribution is -2.32. The van der Waals surface area contributed by atoms with E-state index >= 15 is 0 Å². The number of aromatic nitrogens is 1. The summed E-state index contributed by atoms with van der Waals surface area (Å²) in [6.45, 7) is 0.879. The van der Waals surface area contributed by atoms with Gasteiger partial charge >= 0.3 is 0 Å². The van der Waals surface area contributed by atoms with Gasteiger partial charge in [-0.3, -0.25) is 4.79 Å². The standard InChI is InChI=1S/C15H19BrN2O/c16-11-7-13(18(8-11)12-3-4-12)14(19)17-9-15(5-6-15)10-1-2-10/h7-8,10,12H,1-6,9H2,(H,17,19). The van der Waals surface area contributed by atoms with Crippen LogP contribution in [0.1, 0.15) is 55.1 Å². The molecule has 0 aromatic carbocycles. The maximum atomic E-state index is 12.4. The highest BCUT2D eigenvalue weighted by Gasteiger charge is 2.53. The van der Waals surface area contributed by atoms with E-state index in [4.69, 9.17) is 0 Å². The SMILES string of the molecule is O=C(NCC1(C2CC2)CC1)c1cc(Br)cn1C1CC1. The lowest BCUT2D eigenvalue weighted by atomic mass is 10.0. The first kappa shape index (κ1) is 12.0. The fourth-order valence-electron chi connectivity index (χ4n) is 3.21. The Balaban J connectivity index is 1.45. The van der Waals surface area contributed by atoms with Crippen LogP contribution in [0.5, 0.6) is 0 Å². The number of carbonyl (C=O) groups is 1. The van der Waals surface area contributed by atoms with Crippen molar-refractivity contribution in [1.82, 2.24) is 9.88 Å². The van der Waals surface area contributed by atoms with E-state index in [-0.39, 0.29) is 5.91 Å². The molecule has 3 aliphatic rings. The molecule has 0 spiro atoms. The third kappa shape index (κ3) is 2.24. The van der Waals surface area contributed by atoms with Crippen molar-refractivity contribution in [2.45, 2.75) is 44.6 Å². The van der Waals surface area contributed by atoms with Crippen LogP contribution in [-0.4, -0.2) is 17.0 Å². The lowest BCUT2D eigenvalue weighted by molar-refractivity contribution is 0.0933. The maximum Gasteiger partial charge on any atom is 0.267 e. The molecule has 3 fully saturated rings. The van der Waals surface area contributed by atoms with Crippen molar-refractivity contribution in [2.75, 3.05) is 6.54 Å². The number of amides is 1. The molecule has 0 unspecified atom stereocenters. The zero-order valence-electron chi connectivity index (χ0n) is 11.0. The van der Waals surface area contributed by atoms with Crippen LogP contribution in [0.15, 0.2) is 16.7 Å². The van der Waals surface area contributed by atoms with Crippen LogP contribution in [0, 0.1) is 11.3 Å². The molecule has 19 heavy (non-hydrogen) atoms. The molecular formula is C15H19BrN2O. The molecule has 0 atom stereocenters. The molecule has 4 rings (SSSR count). The normalized spacial score (nSPS) is 24.3. The number of hydrogen-bond donors (Lipinski definition) is 1. The summed E-state index contributed by atoms with van der Waals surface area (Å²) in [4.78, 5) is 12.4. The van der Waals surface area contributed by atoms with Gasteiger partial charge in [0.15, 0.2) is 0 Å². The highest BCUT2D eigenvalue weighted by atomic mass is 79.9. The molecule has 102 valence electrons. The molecule has 1 amide bonds. The van der Waals surface area contributed by atoms with Crippen molar-refractivity contribution in [2.24, 2.45) is 11.3 Å². The van der Waals surface area contributed by atoms with Crippen molar-refractivity contribution in [3.05, 3.63) is 22.4 Å². The summed E-state index contributed by atoms with van der Waals surface area (Å²) in [5.41, 5.74) is 1.30. The average Bonchev–Trinajstić information content (AvgIpc) is 3.25. The van der Waals surface area contributed by atoms with Crippen LogP contribution in [-0.2, 0) is 0 Å². The molecule has 3 saturated carbocycles. The highest BCUT2D eigenvalue weighted by molar-refractivity contribution is 9.10. The second-order valence-corrected chi connectivity index (χ2v) is 7.42. The molecule has 4 heteroatoms. The topological polar surface area (TPSA) is 34.0 Å². The van der Waals surface area contributed by atoms with E-state index in [1.54, 1.807) is 0 Å². The monoisotopic (exact) mass is 322 g/mol. The van der Waals surface area contributed by atoms with Gasteiger partial charge in [-0.15, -0.1) is 0 Å². The third-order valence-corrected chi connectivity index (χ3v) is 5.36. The molecule has 0 radical (unpaired) electrons. The number of hydrogen-bond acceptors (Lipinski definition) is 1. The molecule has 3 aliphatic carbocycles. The van der Waals surface area contributed by atoms with Crippen LogP contribution >= 0.6 is 15.9 Å². The summed E-state index contributed by atoms with van der Waals surface area (Å²) < 4.78 is 3.14. The van der Waals surface area contributed by atoms with Gasteiger partial charge in [-0.05, 0) is 71.9 Å². The van der Waals surface area contributed by atoms with Gasteiger partial charge in [0.05, 0.1) is 0 Å². The van der Waals surface area contributed by atoms with Gasteiger partial charge in [0.25, 0.3) is 5.91 Å². The molecular weight excluding hydrogens is 304 g/mol. The van der Waals surface area contributed by atoms with Gasteiger partial charge in [0.2, 0.25) is 0 Å². The van der Waals surface area contributed by atoms with Gasteiger partial charge in [-0.25, -0.2) is 0 Å². The summed E-state index contributed by atoms with van der Waals surface area (Å²) in [6.07, 6.45) is 9.82. The van der Waals surface area contributed by atoms with Crippen molar-refractivity contribution in [3.63, 3.8) is 0 Å². The molecule has 0 saturated heterocycles. The van der Waals surface area contributed by atoms with E-state index in [0.717, 1.165) is 22.6 Å². The summed E-state index contributed by atoms with van der Waals surface area (Å²) in [5, 5.41) is 3.18. The Hall–Kier alpha value is -0.770. The number of halogens is 1. The third-order valence-electron chi connectivity index (χ3n) is 4.92. The first-order valence-corrected chi connectivity index (χ1v) is 8.13. The van der Waals surface area contributed by atoms with Crippen molar-refractivity contribution < 1.29 is 4.79 Å². The van der Waals surface area contributed by atoms with Gasteiger partial charge in [-0.2, -0.15) is 0 Å². The summed E-state index contributed by atoms with van der Waals surface area (Å²) in [7, 11) is 0. The van der Waals surface area contributed by atoms with Gasteiger partial charge in [0.1, 0.15) is 5.69 Å². The Bertz CT molecular complexity index is 524. The lowest BCUT2D eigenvalue weighted by Gasteiger charge is -2.15. The van der Waals surface area contributed by atoms with Crippen molar-refractivity contribution in [1.29, 1.82) is 0 Å². The van der Waals surface area contributed by atoms with Crippen molar-refractivity contribution in [3.8, 4) is 0 Å². The maximum absolute atomic E-state index is 12.4. The van der Waals surface area contributed by atoms with Crippen LogP contribution in [0.3, 0.4) is 0 Å². The van der Waals surface area contributed by atoms with Crippen LogP contribution < -0.4 is 5.32 Å².